The van der Waals surface area contributed by atoms with Crippen LogP contribution in [-0.2, 0) is 16.9 Å². The first-order valence-electron chi connectivity index (χ1n) is 11.5. The Hall–Kier alpha value is -3.45. The molecule has 1 saturated heterocycles. The van der Waals surface area contributed by atoms with Crippen LogP contribution >= 0.6 is 0 Å². The maximum atomic E-state index is 13.5. The maximum absolute atomic E-state index is 13.5. The molecule has 3 atom stereocenters. The first-order valence-corrected chi connectivity index (χ1v) is 11.5. The van der Waals surface area contributed by atoms with Crippen LogP contribution in [0.4, 0.5) is 9.18 Å². The van der Waals surface area contributed by atoms with Crippen molar-refractivity contribution in [3.05, 3.63) is 83.8 Å². The third-order valence-corrected chi connectivity index (χ3v) is 6.52. The summed E-state index contributed by atoms with van der Waals surface area (Å²) in [4.78, 5) is 17.3. The lowest BCUT2D eigenvalue weighted by molar-refractivity contribution is 0.129. The normalized spacial score (nSPS) is 21.0. The van der Waals surface area contributed by atoms with E-state index in [1.807, 2.05) is 56.3 Å². The molecule has 1 aromatic heterocycles. The number of aromatic nitrogens is 1. The van der Waals surface area contributed by atoms with Gasteiger partial charge in [-0.05, 0) is 48.7 Å². The Morgan fingerprint density at radius 2 is 1.76 bits per heavy atom. The zero-order valence-electron chi connectivity index (χ0n) is 19.3. The van der Waals surface area contributed by atoms with Gasteiger partial charge in [0.2, 0.25) is 5.88 Å². The fourth-order valence-corrected chi connectivity index (χ4v) is 4.45. The molecule has 1 aliphatic carbocycles. The highest BCUT2D eigenvalue weighted by molar-refractivity contribution is 5.69. The number of pyridine rings is 1. The number of amides is 1. The van der Waals surface area contributed by atoms with E-state index in [1.54, 1.807) is 12.1 Å². The van der Waals surface area contributed by atoms with Gasteiger partial charge in [-0.2, -0.15) is 0 Å². The van der Waals surface area contributed by atoms with Crippen molar-refractivity contribution >= 4 is 6.09 Å². The maximum Gasteiger partial charge on any atom is 0.408 e. The lowest BCUT2D eigenvalue weighted by atomic mass is 9.96. The molecular weight excluding hydrogens is 433 g/mol. The Morgan fingerprint density at radius 1 is 1.06 bits per heavy atom. The first-order chi connectivity index (χ1) is 16.4. The van der Waals surface area contributed by atoms with Crippen LogP contribution in [0.3, 0.4) is 0 Å². The summed E-state index contributed by atoms with van der Waals surface area (Å²) in [7, 11) is 0. The largest absolute Gasteiger partial charge is 0.474 e. The molecule has 0 bridgehead atoms. The number of alkyl carbamates (subject to hydrolysis) is 1. The number of fused-ring (bicyclic) bond motifs is 1. The average molecular weight is 462 g/mol. The lowest BCUT2D eigenvalue weighted by Crippen LogP contribution is -2.42. The van der Waals surface area contributed by atoms with E-state index in [9.17, 15) is 9.18 Å². The van der Waals surface area contributed by atoms with Gasteiger partial charge in [-0.15, -0.1) is 0 Å². The Labute approximate surface area is 198 Å². The number of halogens is 1. The quantitative estimate of drug-likeness (QED) is 0.536. The molecule has 2 fully saturated rings. The van der Waals surface area contributed by atoms with Crippen molar-refractivity contribution < 1.29 is 18.7 Å². The molecule has 3 aromatic rings. The van der Waals surface area contributed by atoms with Gasteiger partial charge in [-0.25, -0.2) is 14.2 Å². The average Bonchev–Trinajstić information content (AvgIpc) is 3.23. The molecule has 0 spiro atoms. The summed E-state index contributed by atoms with van der Waals surface area (Å²) in [6.45, 7) is 5.83. The van der Waals surface area contributed by atoms with E-state index >= 15 is 0 Å². The zero-order chi connectivity index (χ0) is 23.7. The minimum atomic E-state index is -0.830. The minimum Gasteiger partial charge on any atom is -0.474 e. The van der Waals surface area contributed by atoms with Gasteiger partial charge in [-0.1, -0.05) is 42.5 Å². The van der Waals surface area contributed by atoms with Crippen LogP contribution in [0.5, 0.6) is 5.88 Å². The van der Waals surface area contributed by atoms with Crippen molar-refractivity contribution in [2.45, 2.75) is 32.1 Å². The second kappa shape index (κ2) is 9.06. The molecule has 2 N–H and O–H groups in total. The number of piperidine rings is 1. The molecule has 0 radical (unpaired) electrons. The number of rotatable bonds is 7. The van der Waals surface area contributed by atoms with E-state index in [0.717, 1.165) is 29.8 Å². The topological polar surface area (TPSA) is 72.5 Å². The van der Waals surface area contributed by atoms with Gasteiger partial charge >= 0.3 is 6.09 Å². The van der Waals surface area contributed by atoms with E-state index in [1.165, 1.54) is 12.1 Å². The van der Waals surface area contributed by atoms with Crippen LogP contribution in [0.15, 0.2) is 66.7 Å². The van der Waals surface area contributed by atoms with Gasteiger partial charge in [0.15, 0.2) is 0 Å². The van der Waals surface area contributed by atoms with Crippen LogP contribution in [0.25, 0.3) is 11.1 Å². The summed E-state index contributed by atoms with van der Waals surface area (Å²) >= 11 is 0. The smallest absolute Gasteiger partial charge is 0.408 e. The van der Waals surface area contributed by atoms with Crippen LogP contribution in [0, 0.1) is 17.7 Å². The fraction of sp³-hybridized carbons (Fsp3) is 0.333. The highest BCUT2D eigenvalue weighted by Crippen LogP contribution is 2.44. The Bertz CT molecular complexity index is 1160. The molecule has 7 heteroatoms. The Kier molecular flexibility index (Phi) is 5.96. The molecule has 1 saturated carbocycles. The molecule has 0 unspecified atom stereocenters. The fourth-order valence-electron chi connectivity index (χ4n) is 4.45. The van der Waals surface area contributed by atoms with Crippen molar-refractivity contribution in [3.8, 4) is 17.0 Å². The SMILES string of the molecule is CC(C)(NC(=O)OCc1ccccc1)c1cc(-c2ccc(F)cc2)cc(O[C@H]2[C@@H]3CNC[C@@H]32)n1. The van der Waals surface area contributed by atoms with E-state index < -0.39 is 11.6 Å². The number of carbonyl (C=O) groups is 1. The summed E-state index contributed by atoms with van der Waals surface area (Å²) in [6, 6.07) is 19.6. The third kappa shape index (κ3) is 4.89. The molecule has 176 valence electrons. The Balaban J connectivity index is 1.36. The van der Waals surface area contributed by atoms with E-state index in [2.05, 4.69) is 10.6 Å². The van der Waals surface area contributed by atoms with E-state index in [0.29, 0.717) is 23.4 Å². The zero-order valence-corrected chi connectivity index (χ0v) is 19.3. The molecular formula is C27H28FN3O3. The summed E-state index contributed by atoms with van der Waals surface area (Å²) in [5.74, 6) is 1.23. The van der Waals surface area contributed by atoms with Gasteiger partial charge in [0, 0.05) is 31.0 Å². The molecule has 5 rings (SSSR count). The highest BCUT2D eigenvalue weighted by Gasteiger charge is 2.55. The summed E-state index contributed by atoms with van der Waals surface area (Å²) < 4.78 is 25.2. The van der Waals surface area contributed by atoms with Crippen LogP contribution < -0.4 is 15.4 Å². The molecule has 1 amide bonds. The van der Waals surface area contributed by atoms with Crippen molar-refractivity contribution in [1.29, 1.82) is 0 Å². The number of nitrogens with one attached hydrogen (secondary N) is 2. The number of nitrogens with zero attached hydrogens (tertiary/aromatic N) is 1. The van der Waals surface area contributed by atoms with Crippen molar-refractivity contribution in [2.75, 3.05) is 13.1 Å². The van der Waals surface area contributed by atoms with Crippen molar-refractivity contribution in [1.82, 2.24) is 15.6 Å². The van der Waals surface area contributed by atoms with Crippen molar-refractivity contribution in [3.63, 3.8) is 0 Å². The predicted molar refractivity (Wildman–Crippen MR) is 127 cm³/mol. The molecule has 2 aliphatic rings. The number of hydrogen-bond acceptors (Lipinski definition) is 5. The second-order valence-electron chi connectivity index (χ2n) is 9.47. The lowest BCUT2D eigenvalue weighted by Gasteiger charge is -2.26. The number of carbonyl (C=O) groups excluding carboxylic acids is 1. The van der Waals surface area contributed by atoms with Crippen LogP contribution in [0.1, 0.15) is 25.1 Å². The number of hydrogen-bond donors (Lipinski definition) is 2. The second-order valence-corrected chi connectivity index (χ2v) is 9.47. The summed E-state index contributed by atoms with van der Waals surface area (Å²) in [5, 5.41) is 6.28. The third-order valence-electron chi connectivity index (χ3n) is 6.52. The summed E-state index contributed by atoms with van der Waals surface area (Å²) in [6.07, 6.45) is -0.384. The molecule has 2 aromatic carbocycles. The number of ether oxygens (including phenoxy) is 2. The summed E-state index contributed by atoms with van der Waals surface area (Å²) in [5.41, 5.74) is 2.39. The minimum absolute atomic E-state index is 0.150. The molecule has 34 heavy (non-hydrogen) atoms. The van der Waals surface area contributed by atoms with Crippen LogP contribution in [0.2, 0.25) is 0 Å². The highest BCUT2D eigenvalue weighted by atomic mass is 19.1. The number of benzene rings is 2. The van der Waals surface area contributed by atoms with E-state index in [-0.39, 0.29) is 18.5 Å². The van der Waals surface area contributed by atoms with Crippen molar-refractivity contribution in [2.24, 2.45) is 11.8 Å². The van der Waals surface area contributed by atoms with Gasteiger partial charge in [-0.3, -0.25) is 0 Å². The van der Waals surface area contributed by atoms with Gasteiger partial charge in [0.05, 0.1) is 11.2 Å². The van der Waals surface area contributed by atoms with Gasteiger partial charge < -0.3 is 20.1 Å². The van der Waals surface area contributed by atoms with E-state index in [4.69, 9.17) is 14.5 Å². The van der Waals surface area contributed by atoms with Gasteiger partial charge in [0.25, 0.3) is 0 Å². The molecule has 1 aliphatic heterocycles. The predicted octanol–water partition coefficient (Wildman–Crippen LogP) is 4.65. The van der Waals surface area contributed by atoms with Gasteiger partial charge in [0.1, 0.15) is 18.5 Å². The monoisotopic (exact) mass is 461 g/mol. The first kappa shape index (κ1) is 22.3. The Morgan fingerprint density at radius 3 is 2.47 bits per heavy atom. The standard InChI is InChI=1S/C27H28FN3O3/c1-27(2,31-26(32)33-16-17-6-4-3-5-7-17)23-12-19(18-8-10-20(28)11-9-18)13-24(30-23)34-25-21-14-29-15-22(21)25/h3-13,21-22,25,29H,14-16H2,1-2H3,(H,31,32)/t21-,22+,25+. The molecule has 6 nitrogen and oxygen atoms in total. The molecule has 2 heterocycles. The van der Waals surface area contributed by atoms with Crippen LogP contribution in [-0.4, -0.2) is 30.3 Å².